The molecule has 4 rings (SSSR count). The molecule has 0 fully saturated rings. The minimum absolute atomic E-state index is 0.136. The van der Waals surface area contributed by atoms with E-state index in [2.05, 4.69) is 88.7 Å². The molecule has 1 aliphatic heterocycles. The molecule has 1 atom stereocenters. The van der Waals surface area contributed by atoms with Crippen LogP contribution in [0, 0.1) is 0 Å². The lowest BCUT2D eigenvalue weighted by Crippen LogP contribution is -2.48. The highest BCUT2D eigenvalue weighted by molar-refractivity contribution is 9.10. The molecular formula is C26H30BrN3O2. The average Bonchev–Trinajstić information content (AvgIpc) is 3.34. The maximum Gasteiger partial charge on any atom is 0.223 e. The van der Waals surface area contributed by atoms with E-state index in [-0.39, 0.29) is 11.4 Å². The minimum atomic E-state index is -0.483. The van der Waals surface area contributed by atoms with Crippen LogP contribution in [-0.4, -0.2) is 46.2 Å². The molecule has 168 valence electrons. The van der Waals surface area contributed by atoms with Gasteiger partial charge < -0.3 is 14.2 Å². The van der Waals surface area contributed by atoms with E-state index < -0.39 is 5.54 Å². The predicted molar refractivity (Wildman–Crippen MR) is 131 cm³/mol. The standard InChI is InChI=1S/C26H30BrN3O2/c1-25(2,3)29(17-18-32-4)23(31)13-14-26(19-9-11-20(27)12-10-19)22-8-6-5-7-21(22)24-28-15-16-30(24)26/h5-12,15-16H,13-14,17-18H2,1-4H3. The first-order valence-corrected chi connectivity index (χ1v) is 11.8. The molecule has 0 spiro atoms. The van der Waals surface area contributed by atoms with Gasteiger partial charge in [-0.15, -0.1) is 0 Å². The molecule has 0 N–H and O–H groups in total. The Morgan fingerprint density at radius 3 is 2.56 bits per heavy atom. The molecule has 0 radical (unpaired) electrons. The molecule has 0 aliphatic carbocycles. The number of carbonyl (C=O) groups is 1. The summed E-state index contributed by atoms with van der Waals surface area (Å²) >= 11 is 3.56. The molecule has 2 aromatic carbocycles. The van der Waals surface area contributed by atoms with Crippen molar-refractivity contribution >= 4 is 21.8 Å². The summed E-state index contributed by atoms with van der Waals surface area (Å²) in [6.45, 7) is 7.32. The van der Waals surface area contributed by atoms with Crippen LogP contribution in [0.15, 0.2) is 65.4 Å². The zero-order chi connectivity index (χ0) is 22.9. The Balaban J connectivity index is 1.77. The zero-order valence-corrected chi connectivity index (χ0v) is 20.7. The Morgan fingerprint density at radius 1 is 1.16 bits per heavy atom. The predicted octanol–water partition coefficient (Wildman–Crippen LogP) is 5.47. The normalized spacial score (nSPS) is 17.2. The second-order valence-corrected chi connectivity index (χ2v) is 10.2. The third kappa shape index (κ3) is 3.90. The molecule has 1 aliphatic rings. The Labute approximate surface area is 198 Å². The van der Waals surface area contributed by atoms with E-state index in [1.54, 1.807) is 7.11 Å². The van der Waals surface area contributed by atoms with Crippen molar-refractivity contribution in [2.24, 2.45) is 0 Å². The van der Waals surface area contributed by atoms with Gasteiger partial charge in [-0.3, -0.25) is 4.79 Å². The first-order valence-electron chi connectivity index (χ1n) is 11.0. The molecule has 32 heavy (non-hydrogen) atoms. The third-order valence-corrected chi connectivity index (χ3v) is 6.85. The van der Waals surface area contributed by atoms with Gasteiger partial charge in [0.25, 0.3) is 0 Å². The van der Waals surface area contributed by atoms with Crippen LogP contribution in [0.1, 0.15) is 44.7 Å². The van der Waals surface area contributed by atoms with Crippen molar-refractivity contribution in [3.63, 3.8) is 0 Å². The Morgan fingerprint density at radius 2 is 1.88 bits per heavy atom. The van der Waals surface area contributed by atoms with Crippen LogP contribution in [0.3, 0.4) is 0 Å². The molecule has 1 amide bonds. The number of ether oxygens (including phenoxy) is 1. The Bertz CT molecular complexity index is 1100. The fourth-order valence-corrected chi connectivity index (χ4v) is 5.10. The lowest BCUT2D eigenvalue weighted by Gasteiger charge is -2.38. The molecule has 0 saturated carbocycles. The number of rotatable bonds is 7. The topological polar surface area (TPSA) is 47.4 Å². The van der Waals surface area contributed by atoms with Crippen LogP contribution in [0.4, 0.5) is 0 Å². The summed E-state index contributed by atoms with van der Waals surface area (Å²) in [5.74, 6) is 1.08. The smallest absolute Gasteiger partial charge is 0.223 e. The highest BCUT2D eigenvalue weighted by Gasteiger charge is 2.45. The highest BCUT2D eigenvalue weighted by Crippen LogP contribution is 2.49. The molecule has 0 saturated heterocycles. The van der Waals surface area contributed by atoms with Crippen LogP contribution in [0.25, 0.3) is 11.4 Å². The van der Waals surface area contributed by atoms with E-state index in [4.69, 9.17) is 4.74 Å². The van der Waals surface area contributed by atoms with Gasteiger partial charge in [0, 0.05) is 48.0 Å². The van der Waals surface area contributed by atoms with E-state index in [1.807, 2.05) is 23.4 Å². The molecule has 3 aromatic rings. The third-order valence-electron chi connectivity index (χ3n) is 6.32. The number of fused-ring (bicyclic) bond motifs is 3. The molecule has 2 heterocycles. The molecule has 1 unspecified atom stereocenters. The highest BCUT2D eigenvalue weighted by atomic mass is 79.9. The van der Waals surface area contributed by atoms with Gasteiger partial charge in [0.15, 0.2) is 0 Å². The van der Waals surface area contributed by atoms with E-state index in [0.29, 0.717) is 26.0 Å². The number of aromatic nitrogens is 2. The van der Waals surface area contributed by atoms with Crippen molar-refractivity contribution < 1.29 is 9.53 Å². The minimum Gasteiger partial charge on any atom is -0.383 e. The molecule has 5 nitrogen and oxygen atoms in total. The summed E-state index contributed by atoms with van der Waals surface area (Å²) in [5.41, 5.74) is 2.71. The fourth-order valence-electron chi connectivity index (χ4n) is 4.84. The monoisotopic (exact) mass is 495 g/mol. The van der Waals surface area contributed by atoms with Crippen molar-refractivity contribution in [1.82, 2.24) is 14.5 Å². The van der Waals surface area contributed by atoms with Gasteiger partial charge in [0.2, 0.25) is 5.91 Å². The first-order chi connectivity index (χ1) is 15.3. The molecule has 0 bridgehead atoms. The van der Waals surface area contributed by atoms with Crippen molar-refractivity contribution in [3.05, 3.63) is 76.5 Å². The second kappa shape index (κ2) is 8.83. The van der Waals surface area contributed by atoms with Crippen molar-refractivity contribution in [2.75, 3.05) is 20.3 Å². The van der Waals surface area contributed by atoms with Crippen LogP contribution >= 0.6 is 15.9 Å². The summed E-state index contributed by atoms with van der Waals surface area (Å²) in [4.78, 5) is 20.1. The van der Waals surface area contributed by atoms with Crippen LogP contribution in [0.5, 0.6) is 0 Å². The number of nitrogens with zero attached hydrogens (tertiary/aromatic N) is 3. The van der Waals surface area contributed by atoms with Crippen molar-refractivity contribution in [1.29, 1.82) is 0 Å². The molecular weight excluding hydrogens is 466 g/mol. The lowest BCUT2D eigenvalue weighted by molar-refractivity contribution is -0.137. The Kier molecular flexibility index (Phi) is 6.28. The number of amides is 1. The number of halogens is 1. The second-order valence-electron chi connectivity index (χ2n) is 9.24. The van der Waals surface area contributed by atoms with Crippen molar-refractivity contribution in [3.8, 4) is 11.4 Å². The largest absolute Gasteiger partial charge is 0.383 e. The van der Waals surface area contributed by atoms with Gasteiger partial charge >= 0.3 is 0 Å². The van der Waals surface area contributed by atoms with Crippen LogP contribution < -0.4 is 0 Å². The van der Waals surface area contributed by atoms with Crippen LogP contribution in [-0.2, 0) is 15.1 Å². The number of carbonyl (C=O) groups excluding carboxylic acids is 1. The van der Waals surface area contributed by atoms with E-state index in [1.165, 1.54) is 5.56 Å². The van der Waals surface area contributed by atoms with Crippen molar-refractivity contribution in [2.45, 2.75) is 44.7 Å². The maximum absolute atomic E-state index is 13.5. The van der Waals surface area contributed by atoms with Gasteiger partial charge in [-0.2, -0.15) is 0 Å². The van der Waals surface area contributed by atoms with Gasteiger partial charge in [-0.05, 0) is 50.5 Å². The zero-order valence-electron chi connectivity index (χ0n) is 19.1. The van der Waals surface area contributed by atoms with E-state index in [0.717, 1.165) is 21.4 Å². The summed E-state index contributed by atoms with van der Waals surface area (Å²) in [6.07, 6.45) is 4.95. The van der Waals surface area contributed by atoms with Gasteiger partial charge in [-0.25, -0.2) is 4.98 Å². The number of methoxy groups -OCH3 is 1. The molecule has 6 heteroatoms. The number of benzene rings is 2. The van der Waals surface area contributed by atoms with E-state index in [9.17, 15) is 4.79 Å². The summed E-state index contributed by atoms with van der Waals surface area (Å²) in [6, 6.07) is 16.8. The van der Waals surface area contributed by atoms with Crippen LogP contribution in [0.2, 0.25) is 0 Å². The quantitative estimate of drug-likeness (QED) is 0.436. The lowest BCUT2D eigenvalue weighted by atomic mass is 9.79. The van der Waals surface area contributed by atoms with Gasteiger partial charge in [0.05, 0.1) is 12.1 Å². The fraction of sp³-hybridized carbons (Fsp3) is 0.385. The number of imidazole rings is 1. The summed E-state index contributed by atoms with van der Waals surface area (Å²) in [7, 11) is 1.67. The van der Waals surface area contributed by atoms with E-state index >= 15 is 0 Å². The number of hydrogen-bond acceptors (Lipinski definition) is 3. The maximum atomic E-state index is 13.5. The Hall–Kier alpha value is -2.44. The first kappa shape index (κ1) is 22.7. The summed E-state index contributed by atoms with van der Waals surface area (Å²) in [5, 5.41) is 0. The van der Waals surface area contributed by atoms with Gasteiger partial charge in [-0.1, -0.05) is 52.3 Å². The SMILES string of the molecule is COCCN(C(=O)CCC1(c2ccc(Br)cc2)c2ccccc2-c2nccn21)C(C)(C)C. The number of hydrogen-bond donors (Lipinski definition) is 0. The van der Waals surface area contributed by atoms with Gasteiger partial charge in [0.1, 0.15) is 5.82 Å². The molecule has 1 aromatic heterocycles. The average molecular weight is 496 g/mol. The summed E-state index contributed by atoms with van der Waals surface area (Å²) < 4.78 is 8.54.